The number of aliphatic hydroxyl groups excluding tert-OH is 1. The third kappa shape index (κ3) is 4.54. The summed E-state index contributed by atoms with van der Waals surface area (Å²) >= 11 is 0. The normalized spacial score (nSPS) is 18.8. The van der Waals surface area contributed by atoms with Crippen LogP contribution in [0.15, 0.2) is 0 Å². The van der Waals surface area contributed by atoms with Crippen LogP contribution in [0, 0.1) is 0 Å². The molecule has 0 amide bonds. The maximum atomic E-state index is 12.5. The van der Waals surface area contributed by atoms with Gasteiger partial charge in [-0.1, -0.05) is 0 Å². The van der Waals surface area contributed by atoms with E-state index in [0.717, 1.165) is 0 Å². The van der Waals surface area contributed by atoms with E-state index < -0.39 is 25.4 Å². The molecule has 12 heavy (non-hydrogen) atoms. The highest BCUT2D eigenvalue weighted by Crippen LogP contribution is 2.15. The molecule has 3 unspecified atom stereocenters. The lowest BCUT2D eigenvalue weighted by Crippen LogP contribution is -2.27. The molecule has 0 aromatic carbocycles. The van der Waals surface area contributed by atoms with Crippen LogP contribution in [-0.2, 0) is 0 Å². The molecule has 1 N–H and O–H groups in total. The molecule has 0 bridgehead atoms. The van der Waals surface area contributed by atoms with E-state index in [0.29, 0.717) is 0 Å². The van der Waals surface area contributed by atoms with Crippen LogP contribution >= 0.6 is 0 Å². The average molecular weight is 188 g/mol. The van der Waals surface area contributed by atoms with Crippen LogP contribution in [0.1, 0.15) is 19.3 Å². The second kappa shape index (κ2) is 6.22. The number of unbranched alkanes of at least 4 members (excludes halogenated alkanes) is 1. The Balaban J connectivity index is 3.49. The van der Waals surface area contributed by atoms with Gasteiger partial charge in [0, 0.05) is 0 Å². The zero-order valence-electron chi connectivity index (χ0n) is 6.52. The highest BCUT2D eigenvalue weighted by molar-refractivity contribution is 4.69. The third-order valence-electron chi connectivity index (χ3n) is 1.47. The van der Waals surface area contributed by atoms with Gasteiger partial charge in [0.15, 0.2) is 6.17 Å². The fraction of sp³-hybridized carbons (Fsp3) is 1.00. The summed E-state index contributed by atoms with van der Waals surface area (Å²) in [6, 6.07) is 0. The van der Waals surface area contributed by atoms with Crippen LogP contribution in [0.5, 0.6) is 0 Å². The van der Waals surface area contributed by atoms with Crippen molar-refractivity contribution in [2.24, 2.45) is 0 Å². The number of hydrogen-bond acceptors (Lipinski definition) is 1. The summed E-state index contributed by atoms with van der Waals surface area (Å²) in [7, 11) is 0. The van der Waals surface area contributed by atoms with Crippen molar-refractivity contribution in [3.63, 3.8) is 0 Å². The van der Waals surface area contributed by atoms with Crippen molar-refractivity contribution in [3.05, 3.63) is 0 Å². The number of aliphatic hydroxyl groups is 1. The lowest BCUT2D eigenvalue weighted by atomic mass is 10.1. The standard InChI is InChI=1S/C7H12F4O/c8-4-2-1-3-5(9)6(10)7(11)12/h5-7,12H,1-4H2. The first kappa shape index (κ1) is 11.7. The molecule has 0 aromatic heterocycles. The first-order chi connectivity index (χ1) is 5.59. The number of halogens is 4. The molecule has 5 heteroatoms. The van der Waals surface area contributed by atoms with Gasteiger partial charge >= 0.3 is 0 Å². The van der Waals surface area contributed by atoms with Crippen molar-refractivity contribution in [3.8, 4) is 0 Å². The molecule has 0 saturated heterocycles. The molecule has 0 aliphatic carbocycles. The molecule has 0 fully saturated rings. The van der Waals surface area contributed by atoms with E-state index in [1.807, 2.05) is 0 Å². The fourth-order valence-electron chi connectivity index (χ4n) is 0.765. The zero-order valence-corrected chi connectivity index (χ0v) is 6.52. The van der Waals surface area contributed by atoms with Gasteiger partial charge in [0.05, 0.1) is 6.67 Å². The molecule has 0 spiro atoms. The molecule has 0 aromatic rings. The lowest BCUT2D eigenvalue weighted by Gasteiger charge is -2.12. The van der Waals surface area contributed by atoms with E-state index in [2.05, 4.69) is 0 Å². The molecule has 0 radical (unpaired) electrons. The van der Waals surface area contributed by atoms with Crippen molar-refractivity contribution >= 4 is 0 Å². The predicted octanol–water partition coefficient (Wildman–Crippen LogP) is 2.09. The predicted molar refractivity (Wildman–Crippen MR) is 36.7 cm³/mol. The Morgan fingerprint density at radius 1 is 1.08 bits per heavy atom. The van der Waals surface area contributed by atoms with Crippen molar-refractivity contribution in [1.82, 2.24) is 0 Å². The molecule has 0 aliphatic rings. The van der Waals surface area contributed by atoms with Crippen LogP contribution < -0.4 is 0 Å². The van der Waals surface area contributed by atoms with Gasteiger partial charge in [-0.2, -0.15) is 0 Å². The van der Waals surface area contributed by atoms with Gasteiger partial charge in [-0.05, 0) is 19.3 Å². The minimum atomic E-state index is -2.79. The van der Waals surface area contributed by atoms with Gasteiger partial charge in [-0.25, -0.2) is 13.2 Å². The quantitative estimate of drug-likeness (QED) is 0.500. The summed E-state index contributed by atoms with van der Waals surface area (Å²) in [5, 5.41) is 7.99. The topological polar surface area (TPSA) is 20.2 Å². The highest BCUT2D eigenvalue weighted by atomic mass is 19.2. The number of hydrogen-bond donors (Lipinski definition) is 1. The maximum Gasteiger partial charge on any atom is 0.230 e. The molecular weight excluding hydrogens is 176 g/mol. The van der Waals surface area contributed by atoms with Gasteiger partial charge in [0.2, 0.25) is 6.36 Å². The van der Waals surface area contributed by atoms with E-state index in [-0.39, 0.29) is 19.3 Å². The van der Waals surface area contributed by atoms with E-state index in [1.165, 1.54) is 0 Å². The molecule has 0 heterocycles. The Kier molecular flexibility index (Phi) is 6.06. The second-order valence-electron chi connectivity index (χ2n) is 2.52. The molecule has 74 valence electrons. The van der Waals surface area contributed by atoms with E-state index in [1.54, 1.807) is 0 Å². The SMILES string of the molecule is OC(F)C(F)C(F)CCCCF. The average Bonchev–Trinajstić information content (AvgIpc) is 2.03. The van der Waals surface area contributed by atoms with Crippen molar-refractivity contribution in [2.75, 3.05) is 6.67 Å². The molecule has 3 atom stereocenters. The molecular formula is C7H12F4O. The van der Waals surface area contributed by atoms with Crippen LogP contribution in [0.25, 0.3) is 0 Å². The fourth-order valence-corrected chi connectivity index (χ4v) is 0.765. The first-order valence-electron chi connectivity index (χ1n) is 3.76. The maximum absolute atomic E-state index is 12.5. The highest BCUT2D eigenvalue weighted by Gasteiger charge is 2.27. The summed E-state index contributed by atoms with van der Waals surface area (Å²) in [6.07, 6.45) is -7.31. The first-order valence-corrected chi connectivity index (χ1v) is 3.76. The van der Waals surface area contributed by atoms with Gasteiger partial charge in [-0.3, -0.25) is 4.39 Å². The largest absolute Gasteiger partial charge is 0.362 e. The Hall–Kier alpha value is -0.320. The van der Waals surface area contributed by atoms with Gasteiger partial charge in [0.1, 0.15) is 6.17 Å². The van der Waals surface area contributed by atoms with Crippen molar-refractivity contribution < 1.29 is 22.7 Å². The molecule has 0 saturated carbocycles. The lowest BCUT2D eigenvalue weighted by molar-refractivity contribution is -0.0586. The summed E-state index contributed by atoms with van der Waals surface area (Å²) in [5.41, 5.74) is 0. The van der Waals surface area contributed by atoms with Crippen molar-refractivity contribution in [1.29, 1.82) is 0 Å². The Labute approximate surface area is 68.4 Å². The summed E-state index contributed by atoms with van der Waals surface area (Å²) in [5.74, 6) is 0. The number of rotatable bonds is 6. The van der Waals surface area contributed by atoms with Crippen molar-refractivity contribution in [2.45, 2.75) is 38.0 Å². The van der Waals surface area contributed by atoms with Gasteiger partial charge in [-0.15, -0.1) is 0 Å². The minimum absolute atomic E-state index is 0.134. The summed E-state index contributed by atoms with van der Waals surface area (Å²) in [4.78, 5) is 0. The summed E-state index contributed by atoms with van der Waals surface area (Å²) < 4.78 is 47.9. The second-order valence-corrected chi connectivity index (χ2v) is 2.52. The molecule has 0 aliphatic heterocycles. The van der Waals surface area contributed by atoms with Gasteiger partial charge < -0.3 is 5.11 Å². The third-order valence-corrected chi connectivity index (χ3v) is 1.47. The Morgan fingerprint density at radius 2 is 1.67 bits per heavy atom. The monoisotopic (exact) mass is 188 g/mol. The Bertz CT molecular complexity index is 110. The molecule has 1 nitrogen and oxygen atoms in total. The number of alkyl halides is 4. The van der Waals surface area contributed by atoms with Crippen LogP contribution in [-0.4, -0.2) is 30.5 Å². The molecule has 0 rings (SSSR count). The smallest absolute Gasteiger partial charge is 0.230 e. The van der Waals surface area contributed by atoms with Crippen LogP contribution in [0.2, 0.25) is 0 Å². The Morgan fingerprint density at radius 3 is 2.08 bits per heavy atom. The van der Waals surface area contributed by atoms with E-state index >= 15 is 0 Å². The van der Waals surface area contributed by atoms with Crippen LogP contribution in [0.4, 0.5) is 17.6 Å². The summed E-state index contributed by atoms with van der Waals surface area (Å²) in [6.45, 7) is -0.595. The van der Waals surface area contributed by atoms with E-state index in [9.17, 15) is 17.6 Å². The minimum Gasteiger partial charge on any atom is -0.362 e. The van der Waals surface area contributed by atoms with Gasteiger partial charge in [0.25, 0.3) is 0 Å². The van der Waals surface area contributed by atoms with E-state index in [4.69, 9.17) is 5.11 Å². The zero-order chi connectivity index (χ0) is 9.56. The van der Waals surface area contributed by atoms with Crippen LogP contribution in [0.3, 0.4) is 0 Å².